The zero-order valence-corrected chi connectivity index (χ0v) is 12.7. The molecule has 0 bridgehead atoms. The van der Waals surface area contributed by atoms with Gasteiger partial charge in [0.1, 0.15) is 0 Å². The summed E-state index contributed by atoms with van der Waals surface area (Å²) in [5.41, 5.74) is 3.42. The highest BCUT2D eigenvalue weighted by molar-refractivity contribution is 5.81. The Morgan fingerprint density at radius 2 is 1.95 bits per heavy atom. The number of hydrogen-bond acceptors (Lipinski definition) is 3. The third kappa shape index (κ3) is 5.03. The Morgan fingerprint density at radius 3 is 2.60 bits per heavy atom. The van der Waals surface area contributed by atoms with Crippen molar-refractivity contribution < 1.29 is 14.3 Å². The Labute approximate surface area is 120 Å². The van der Waals surface area contributed by atoms with Crippen LogP contribution in [-0.2, 0) is 14.3 Å². The molecular weight excluding hydrogens is 254 g/mol. The van der Waals surface area contributed by atoms with Gasteiger partial charge in [0.2, 0.25) is 5.91 Å². The molecule has 110 valence electrons. The van der Waals surface area contributed by atoms with Crippen LogP contribution in [0.15, 0.2) is 18.2 Å². The van der Waals surface area contributed by atoms with Gasteiger partial charge in [-0.25, -0.2) is 0 Å². The Balaban J connectivity index is 2.53. The third-order valence-corrected chi connectivity index (χ3v) is 3.14. The fourth-order valence-electron chi connectivity index (χ4n) is 2.07. The molecule has 0 aliphatic carbocycles. The molecule has 1 N–H and O–H groups in total. The van der Waals surface area contributed by atoms with Crippen LogP contribution in [0.5, 0.6) is 0 Å². The summed E-state index contributed by atoms with van der Waals surface area (Å²) in [7, 11) is 0. The highest BCUT2D eigenvalue weighted by atomic mass is 16.5. The van der Waals surface area contributed by atoms with Gasteiger partial charge in [-0.1, -0.05) is 23.8 Å². The van der Waals surface area contributed by atoms with Gasteiger partial charge < -0.3 is 10.1 Å². The van der Waals surface area contributed by atoms with E-state index in [0.29, 0.717) is 6.61 Å². The molecule has 0 aliphatic rings. The Morgan fingerprint density at radius 1 is 1.25 bits per heavy atom. The lowest BCUT2D eigenvalue weighted by Gasteiger charge is -2.17. The quantitative estimate of drug-likeness (QED) is 0.813. The van der Waals surface area contributed by atoms with E-state index in [1.807, 2.05) is 32.9 Å². The zero-order chi connectivity index (χ0) is 15.1. The lowest BCUT2D eigenvalue weighted by molar-refractivity contribution is -0.144. The van der Waals surface area contributed by atoms with Crippen LogP contribution in [0.4, 0.5) is 0 Å². The summed E-state index contributed by atoms with van der Waals surface area (Å²) >= 11 is 0. The lowest BCUT2D eigenvalue weighted by atomic mass is 10.00. The minimum absolute atomic E-state index is 0.0652. The number of esters is 1. The number of nitrogens with one attached hydrogen (secondary N) is 1. The molecule has 4 heteroatoms. The molecule has 4 nitrogen and oxygen atoms in total. The molecule has 0 saturated heterocycles. The number of aryl methyl sites for hydroxylation is 2. The molecule has 0 saturated carbocycles. The maximum atomic E-state index is 11.8. The first-order valence-corrected chi connectivity index (χ1v) is 6.96. The molecule has 1 aromatic rings. The molecule has 0 aliphatic heterocycles. The van der Waals surface area contributed by atoms with Gasteiger partial charge in [-0.3, -0.25) is 9.59 Å². The average molecular weight is 277 g/mol. The molecule has 1 amide bonds. The van der Waals surface area contributed by atoms with Gasteiger partial charge in [0.15, 0.2) is 0 Å². The minimum atomic E-state index is -0.331. The van der Waals surface area contributed by atoms with E-state index >= 15 is 0 Å². The normalized spacial score (nSPS) is 11.8. The van der Waals surface area contributed by atoms with Crippen LogP contribution in [0.3, 0.4) is 0 Å². The van der Waals surface area contributed by atoms with Crippen molar-refractivity contribution in [3.8, 4) is 0 Å². The second kappa shape index (κ2) is 7.68. The van der Waals surface area contributed by atoms with Crippen LogP contribution < -0.4 is 5.32 Å². The number of ether oxygens (including phenoxy) is 1. The van der Waals surface area contributed by atoms with Crippen molar-refractivity contribution in [1.82, 2.24) is 5.32 Å². The molecule has 20 heavy (non-hydrogen) atoms. The van der Waals surface area contributed by atoms with E-state index in [0.717, 1.165) is 11.1 Å². The van der Waals surface area contributed by atoms with E-state index in [9.17, 15) is 9.59 Å². The highest BCUT2D eigenvalue weighted by Gasteiger charge is 2.13. The molecular formula is C16H23NO3. The Kier molecular flexibility index (Phi) is 6.22. The van der Waals surface area contributed by atoms with Crippen molar-refractivity contribution in [2.24, 2.45) is 0 Å². The van der Waals surface area contributed by atoms with E-state index in [2.05, 4.69) is 11.4 Å². The molecule has 0 radical (unpaired) electrons. The number of amides is 1. The maximum Gasteiger partial charge on any atom is 0.306 e. The van der Waals surface area contributed by atoms with Crippen molar-refractivity contribution in [3.63, 3.8) is 0 Å². The van der Waals surface area contributed by atoms with Gasteiger partial charge in [-0.2, -0.15) is 0 Å². The van der Waals surface area contributed by atoms with Crippen LogP contribution >= 0.6 is 0 Å². The first kappa shape index (κ1) is 16.2. The van der Waals surface area contributed by atoms with Crippen molar-refractivity contribution in [2.75, 3.05) is 6.61 Å². The molecule has 1 unspecified atom stereocenters. The van der Waals surface area contributed by atoms with Crippen LogP contribution in [0, 0.1) is 13.8 Å². The van der Waals surface area contributed by atoms with Gasteiger partial charge in [-0.15, -0.1) is 0 Å². The molecule has 0 heterocycles. The van der Waals surface area contributed by atoms with Crippen LogP contribution in [0.25, 0.3) is 0 Å². The van der Waals surface area contributed by atoms with E-state index < -0.39 is 0 Å². The van der Waals surface area contributed by atoms with Crippen molar-refractivity contribution in [1.29, 1.82) is 0 Å². The van der Waals surface area contributed by atoms with E-state index in [1.165, 1.54) is 5.56 Å². The van der Waals surface area contributed by atoms with E-state index in [4.69, 9.17) is 4.74 Å². The minimum Gasteiger partial charge on any atom is -0.466 e. The first-order chi connectivity index (χ1) is 9.43. The van der Waals surface area contributed by atoms with Gasteiger partial charge in [0.05, 0.1) is 19.1 Å². The number of rotatable bonds is 6. The molecule has 1 rings (SSSR count). The summed E-state index contributed by atoms with van der Waals surface area (Å²) in [6.45, 7) is 8.10. The molecule has 0 fully saturated rings. The largest absolute Gasteiger partial charge is 0.466 e. The SMILES string of the molecule is CCOC(=O)CCC(=O)NC(C)c1cc(C)ccc1C. The standard InChI is InChI=1S/C16H23NO3/c1-5-20-16(19)9-8-15(18)17-13(4)14-10-11(2)6-7-12(14)3/h6-7,10,13H,5,8-9H2,1-4H3,(H,17,18). The van der Waals surface area contributed by atoms with Gasteiger partial charge >= 0.3 is 5.97 Å². The predicted octanol–water partition coefficient (Wildman–Crippen LogP) is 2.82. The van der Waals surface area contributed by atoms with Crippen LogP contribution in [-0.4, -0.2) is 18.5 Å². The van der Waals surface area contributed by atoms with E-state index in [1.54, 1.807) is 6.92 Å². The fraction of sp³-hybridized carbons (Fsp3) is 0.500. The van der Waals surface area contributed by atoms with Crippen molar-refractivity contribution >= 4 is 11.9 Å². The maximum absolute atomic E-state index is 11.8. The number of carbonyl (C=O) groups is 2. The second-order valence-corrected chi connectivity index (χ2v) is 4.95. The summed E-state index contributed by atoms with van der Waals surface area (Å²) in [6, 6.07) is 6.11. The first-order valence-electron chi connectivity index (χ1n) is 6.96. The molecule has 0 spiro atoms. The van der Waals surface area contributed by atoms with Crippen LogP contribution in [0.1, 0.15) is 49.4 Å². The summed E-state index contributed by atoms with van der Waals surface area (Å²) in [5, 5.41) is 2.91. The predicted molar refractivity (Wildman–Crippen MR) is 78.3 cm³/mol. The lowest BCUT2D eigenvalue weighted by Crippen LogP contribution is -2.27. The summed E-state index contributed by atoms with van der Waals surface area (Å²) < 4.78 is 4.80. The fourth-order valence-corrected chi connectivity index (χ4v) is 2.07. The smallest absolute Gasteiger partial charge is 0.306 e. The Hall–Kier alpha value is -1.84. The molecule has 0 aromatic heterocycles. The topological polar surface area (TPSA) is 55.4 Å². The van der Waals surface area contributed by atoms with Crippen molar-refractivity contribution in [2.45, 2.75) is 46.6 Å². The monoisotopic (exact) mass is 277 g/mol. The second-order valence-electron chi connectivity index (χ2n) is 4.95. The summed E-state index contributed by atoms with van der Waals surface area (Å²) in [5.74, 6) is -0.464. The number of hydrogen-bond donors (Lipinski definition) is 1. The van der Waals surface area contributed by atoms with Crippen molar-refractivity contribution in [3.05, 3.63) is 34.9 Å². The van der Waals surface area contributed by atoms with Gasteiger partial charge in [0.25, 0.3) is 0 Å². The molecule has 1 atom stereocenters. The summed E-state index contributed by atoms with van der Waals surface area (Å²) in [4.78, 5) is 23.0. The average Bonchev–Trinajstić information content (AvgIpc) is 2.39. The third-order valence-electron chi connectivity index (χ3n) is 3.14. The van der Waals surface area contributed by atoms with E-state index in [-0.39, 0.29) is 30.8 Å². The van der Waals surface area contributed by atoms with Crippen LogP contribution in [0.2, 0.25) is 0 Å². The Bertz CT molecular complexity index is 483. The summed E-state index contributed by atoms with van der Waals surface area (Å²) in [6.07, 6.45) is 0.285. The van der Waals surface area contributed by atoms with Gasteiger partial charge in [0, 0.05) is 6.42 Å². The number of carbonyl (C=O) groups excluding carboxylic acids is 2. The van der Waals surface area contributed by atoms with Gasteiger partial charge in [-0.05, 0) is 38.8 Å². The molecule has 1 aromatic carbocycles. The zero-order valence-electron chi connectivity index (χ0n) is 12.7. The number of benzene rings is 1. The highest BCUT2D eigenvalue weighted by Crippen LogP contribution is 2.19.